The van der Waals surface area contributed by atoms with E-state index in [9.17, 15) is 9.59 Å². The summed E-state index contributed by atoms with van der Waals surface area (Å²) >= 11 is 0. The number of hydrogen-bond donors (Lipinski definition) is 3. The third kappa shape index (κ3) is 5.01. The molecule has 1 aromatic carbocycles. The van der Waals surface area contributed by atoms with E-state index in [4.69, 9.17) is 9.84 Å². The van der Waals surface area contributed by atoms with Gasteiger partial charge in [0.15, 0.2) is 0 Å². The van der Waals surface area contributed by atoms with Crippen molar-refractivity contribution in [3.8, 4) is 5.75 Å². The van der Waals surface area contributed by atoms with Crippen LogP contribution in [0.15, 0.2) is 36.9 Å². The molecule has 0 aliphatic rings. The van der Waals surface area contributed by atoms with Crippen molar-refractivity contribution in [2.45, 2.75) is 19.0 Å². The molecule has 1 aromatic rings. The third-order valence-corrected chi connectivity index (χ3v) is 2.62. The van der Waals surface area contributed by atoms with Gasteiger partial charge in [-0.1, -0.05) is 18.2 Å². The predicted octanol–water partition coefficient (Wildman–Crippen LogP) is 1.52. The smallest absolute Gasteiger partial charge is 0.326 e. The summed E-state index contributed by atoms with van der Waals surface area (Å²) in [5.41, 5.74) is 0.886. The summed E-state index contributed by atoms with van der Waals surface area (Å²) in [6.45, 7) is 3.76. The monoisotopic (exact) mass is 278 g/mol. The highest BCUT2D eigenvalue weighted by molar-refractivity contribution is 5.82. The van der Waals surface area contributed by atoms with Crippen LogP contribution in [0.3, 0.4) is 0 Å². The van der Waals surface area contributed by atoms with E-state index in [1.807, 2.05) is 12.1 Å². The van der Waals surface area contributed by atoms with Crippen molar-refractivity contribution in [1.29, 1.82) is 0 Å². The van der Waals surface area contributed by atoms with Gasteiger partial charge in [0.25, 0.3) is 0 Å². The molecular formula is C14H18N2O4. The van der Waals surface area contributed by atoms with Gasteiger partial charge in [-0.15, -0.1) is 6.58 Å². The fourth-order valence-corrected chi connectivity index (χ4v) is 1.52. The topological polar surface area (TPSA) is 87.7 Å². The van der Waals surface area contributed by atoms with Gasteiger partial charge in [0, 0.05) is 6.54 Å². The van der Waals surface area contributed by atoms with E-state index in [-0.39, 0.29) is 6.42 Å². The summed E-state index contributed by atoms with van der Waals surface area (Å²) < 4.78 is 5.03. The Morgan fingerprint density at radius 2 is 2.05 bits per heavy atom. The Bertz CT molecular complexity index is 471. The SMILES string of the molecule is C=CCC(NC(=O)NCc1ccc(OC)cc1)C(=O)O. The van der Waals surface area contributed by atoms with Gasteiger partial charge in [-0.05, 0) is 24.1 Å². The number of amides is 2. The average molecular weight is 278 g/mol. The third-order valence-electron chi connectivity index (χ3n) is 2.62. The highest BCUT2D eigenvalue weighted by Crippen LogP contribution is 2.10. The second-order valence-electron chi connectivity index (χ2n) is 4.09. The molecule has 3 N–H and O–H groups in total. The van der Waals surface area contributed by atoms with Gasteiger partial charge in [-0.3, -0.25) is 0 Å². The summed E-state index contributed by atoms with van der Waals surface area (Å²) in [6.07, 6.45) is 1.62. The van der Waals surface area contributed by atoms with Crippen molar-refractivity contribution in [1.82, 2.24) is 10.6 Å². The zero-order valence-electron chi connectivity index (χ0n) is 11.3. The molecule has 0 radical (unpaired) electrons. The van der Waals surface area contributed by atoms with Crippen LogP contribution in [0.1, 0.15) is 12.0 Å². The number of rotatable bonds is 7. The highest BCUT2D eigenvalue weighted by atomic mass is 16.5. The first-order valence-electron chi connectivity index (χ1n) is 6.07. The van der Waals surface area contributed by atoms with Gasteiger partial charge in [-0.25, -0.2) is 9.59 Å². The fraction of sp³-hybridized carbons (Fsp3) is 0.286. The van der Waals surface area contributed by atoms with Gasteiger partial charge in [0.1, 0.15) is 11.8 Å². The predicted molar refractivity (Wildman–Crippen MR) is 74.6 cm³/mol. The average Bonchev–Trinajstić information content (AvgIpc) is 2.45. The Kier molecular flexibility index (Phi) is 6.09. The lowest BCUT2D eigenvalue weighted by molar-refractivity contribution is -0.139. The van der Waals surface area contributed by atoms with Gasteiger partial charge < -0.3 is 20.5 Å². The van der Waals surface area contributed by atoms with Crippen molar-refractivity contribution in [3.05, 3.63) is 42.5 Å². The first kappa shape index (κ1) is 15.6. The zero-order chi connectivity index (χ0) is 15.0. The highest BCUT2D eigenvalue weighted by Gasteiger charge is 2.17. The number of hydrogen-bond acceptors (Lipinski definition) is 3. The number of carbonyl (C=O) groups excluding carboxylic acids is 1. The molecule has 1 rings (SSSR count). The number of carboxylic acids is 1. The molecule has 0 heterocycles. The first-order chi connectivity index (χ1) is 9.56. The van der Waals surface area contributed by atoms with Crippen LogP contribution in [-0.2, 0) is 11.3 Å². The first-order valence-corrected chi connectivity index (χ1v) is 6.07. The number of carbonyl (C=O) groups is 2. The van der Waals surface area contributed by atoms with E-state index >= 15 is 0 Å². The van der Waals surface area contributed by atoms with E-state index in [1.54, 1.807) is 19.2 Å². The van der Waals surface area contributed by atoms with Crippen molar-refractivity contribution in [2.75, 3.05) is 7.11 Å². The summed E-state index contributed by atoms with van der Waals surface area (Å²) in [5, 5.41) is 13.8. The van der Waals surface area contributed by atoms with Crippen LogP contribution in [0.4, 0.5) is 4.79 Å². The van der Waals surface area contributed by atoms with Gasteiger partial charge in [-0.2, -0.15) is 0 Å². The minimum Gasteiger partial charge on any atom is -0.497 e. The summed E-state index contributed by atoms with van der Waals surface area (Å²) in [7, 11) is 1.58. The van der Waals surface area contributed by atoms with E-state index < -0.39 is 18.0 Å². The van der Waals surface area contributed by atoms with Crippen molar-refractivity contribution < 1.29 is 19.4 Å². The van der Waals surface area contributed by atoms with Crippen molar-refractivity contribution in [3.63, 3.8) is 0 Å². The number of methoxy groups -OCH3 is 1. The number of nitrogens with one attached hydrogen (secondary N) is 2. The molecule has 1 unspecified atom stereocenters. The van der Waals surface area contributed by atoms with Crippen LogP contribution in [0.5, 0.6) is 5.75 Å². The molecule has 2 amide bonds. The van der Waals surface area contributed by atoms with Crippen LogP contribution in [0, 0.1) is 0 Å². The van der Waals surface area contributed by atoms with Gasteiger partial charge in [0.05, 0.1) is 7.11 Å². The molecule has 0 bridgehead atoms. The number of aliphatic carboxylic acids is 1. The number of ether oxygens (including phenoxy) is 1. The summed E-state index contributed by atoms with van der Waals surface area (Å²) in [6, 6.07) is 5.70. The van der Waals surface area contributed by atoms with Crippen LogP contribution in [0.25, 0.3) is 0 Å². The Hall–Kier alpha value is -2.50. The molecule has 0 spiro atoms. The van der Waals surface area contributed by atoms with E-state index in [1.165, 1.54) is 6.08 Å². The minimum atomic E-state index is -1.09. The number of urea groups is 1. The van der Waals surface area contributed by atoms with Crippen LogP contribution >= 0.6 is 0 Å². The van der Waals surface area contributed by atoms with Crippen molar-refractivity contribution >= 4 is 12.0 Å². The lowest BCUT2D eigenvalue weighted by atomic mass is 10.2. The normalized spacial score (nSPS) is 11.2. The quantitative estimate of drug-likeness (QED) is 0.660. The standard InChI is InChI=1S/C14H18N2O4/c1-3-4-12(13(17)18)16-14(19)15-9-10-5-7-11(20-2)8-6-10/h3,5-8,12H,1,4,9H2,2H3,(H,17,18)(H2,15,16,19). The minimum absolute atomic E-state index is 0.172. The second-order valence-corrected chi connectivity index (χ2v) is 4.09. The molecule has 6 heteroatoms. The van der Waals surface area contributed by atoms with E-state index in [0.717, 1.165) is 11.3 Å². The van der Waals surface area contributed by atoms with Crippen LogP contribution < -0.4 is 15.4 Å². The molecule has 0 aromatic heterocycles. The van der Waals surface area contributed by atoms with Crippen LogP contribution in [-0.4, -0.2) is 30.3 Å². The molecular weight excluding hydrogens is 260 g/mol. The lowest BCUT2D eigenvalue weighted by Gasteiger charge is -2.13. The molecule has 0 aliphatic heterocycles. The molecule has 20 heavy (non-hydrogen) atoms. The Labute approximate surface area is 117 Å². The molecule has 1 atom stereocenters. The number of benzene rings is 1. The largest absolute Gasteiger partial charge is 0.497 e. The Balaban J connectivity index is 2.45. The fourth-order valence-electron chi connectivity index (χ4n) is 1.52. The van der Waals surface area contributed by atoms with E-state index in [0.29, 0.717) is 6.54 Å². The summed E-state index contributed by atoms with van der Waals surface area (Å²) in [4.78, 5) is 22.5. The molecule has 0 saturated carbocycles. The molecule has 0 saturated heterocycles. The second kappa shape index (κ2) is 7.83. The van der Waals surface area contributed by atoms with E-state index in [2.05, 4.69) is 17.2 Å². The molecule has 0 fully saturated rings. The van der Waals surface area contributed by atoms with Crippen molar-refractivity contribution in [2.24, 2.45) is 0 Å². The Morgan fingerprint density at radius 3 is 2.55 bits per heavy atom. The number of carboxylic acid groups (broad SMARTS) is 1. The maximum atomic E-state index is 11.6. The maximum Gasteiger partial charge on any atom is 0.326 e. The molecule has 6 nitrogen and oxygen atoms in total. The molecule has 0 aliphatic carbocycles. The van der Waals surface area contributed by atoms with Crippen LogP contribution in [0.2, 0.25) is 0 Å². The van der Waals surface area contributed by atoms with Gasteiger partial charge >= 0.3 is 12.0 Å². The molecule has 108 valence electrons. The summed E-state index contributed by atoms with van der Waals surface area (Å²) in [5.74, 6) is -0.361. The lowest BCUT2D eigenvalue weighted by Crippen LogP contribution is -2.45. The maximum absolute atomic E-state index is 11.6. The zero-order valence-corrected chi connectivity index (χ0v) is 11.3. The van der Waals surface area contributed by atoms with Gasteiger partial charge in [0.2, 0.25) is 0 Å². The Morgan fingerprint density at radius 1 is 1.40 bits per heavy atom.